The zero-order valence-corrected chi connectivity index (χ0v) is 24.7. The molecular weight excluding hydrogens is 588 g/mol. The van der Waals surface area contributed by atoms with Crippen molar-refractivity contribution in [3.63, 3.8) is 0 Å². The summed E-state index contributed by atoms with van der Waals surface area (Å²) >= 11 is 2.26. The number of hydrogen-bond acceptors (Lipinski definition) is 12. The topological polar surface area (TPSA) is 209 Å². The average molecular weight is 617 g/mol. The third kappa shape index (κ3) is 5.13. The van der Waals surface area contributed by atoms with Crippen LogP contribution >= 0.6 is 23.1 Å². The molecule has 4 aliphatic rings. The van der Waals surface area contributed by atoms with Crippen LogP contribution in [0.1, 0.15) is 25.4 Å². The van der Waals surface area contributed by atoms with E-state index in [1.807, 2.05) is 24.6 Å². The molecule has 5 heterocycles. The van der Waals surface area contributed by atoms with Crippen molar-refractivity contribution in [2.24, 2.45) is 17.6 Å². The summed E-state index contributed by atoms with van der Waals surface area (Å²) in [4.78, 5) is 65.3. The number of nitrogen functional groups attached to an aromatic ring is 1. The number of aryl methyl sites for hydroxylation is 1. The number of carbonyl (C=O) groups is 4. The number of rotatable bonds is 9. The summed E-state index contributed by atoms with van der Waals surface area (Å²) in [5.41, 5.74) is 3.87. The monoisotopic (exact) mass is 616 g/mol. The van der Waals surface area contributed by atoms with E-state index in [-0.39, 0.29) is 35.4 Å². The Balaban J connectivity index is 1.31. The fourth-order valence-corrected chi connectivity index (χ4v) is 6.75. The van der Waals surface area contributed by atoms with Crippen LogP contribution in [0.2, 0.25) is 0 Å². The van der Waals surface area contributed by atoms with Gasteiger partial charge < -0.3 is 40.4 Å². The lowest BCUT2D eigenvalue weighted by Gasteiger charge is -2.55. The molecule has 2 amide bonds. The number of imidazole rings is 1. The Morgan fingerprint density at radius 1 is 1.38 bits per heavy atom. The average Bonchev–Trinajstić information content (AvgIpc) is 3.48. The number of pyridine rings is 1. The number of β-lactam (4-membered cyclic amide) rings is 1. The summed E-state index contributed by atoms with van der Waals surface area (Å²) in [7, 11) is 1.89. The molecule has 3 atom stereocenters. The van der Waals surface area contributed by atoms with Gasteiger partial charge in [-0.1, -0.05) is 5.16 Å². The Hall–Kier alpha value is -4.25. The third-order valence-corrected chi connectivity index (χ3v) is 9.57. The Labute approximate surface area is 247 Å². The minimum atomic E-state index is -1.75. The molecule has 4 N–H and O–H groups in total. The van der Waals surface area contributed by atoms with Crippen molar-refractivity contribution in [2.75, 3.05) is 18.0 Å². The molecule has 0 aliphatic carbocycles. The van der Waals surface area contributed by atoms with Crippen LogP contribution in [0.5, 0.6) is 0 Å². The van der Waals surface area contributed by atoms with E-state index in [2.05, 4.69) is 20.4 Å². The van der Waals surface area contributed by atoms with Gasteiger partial charge in [0.15, 0.2) is 16.5 Å². The first-order chi connectivity index (χ1) is 19.7. The SMILES string of the molecule is Cc1nc2cn(CC3(C(=O)[O-])CS[C@@H]4C(NC(=O)C(=NOC(C)(C)C(=O)O)c5csc(N)n5)C(=O)N4C3)ccc-2[n+]1C. The van der Waals surface area contributed by atoms with Crippen molar-refractivity contribution in [2.45, 2.75) is 44.3 Å². The molecule has 2 fully saturated rings. The van der Waals surface area contributed by atoms with Crippen molar-refractivity contribution in [1.29, 1.82) is 0 Å². The van der Waals surface area contributed by atoms with Crippen molar-refractivity contribution >= 4 is 57.7 Å². The quantitative estimate of drug-likeness (QED) is 0.110. The van der Waals surface area contributed by atoms with E-state index in [0.717, 1.165) is 22.9 Å². The molecule has 0 radical (unpaired) electrons. The van der Waals surface area contributed by atoms with Gasteiger partial charge in [0.25, 0.3) is 11.7 Å². The summed E-state index contributed by atoms with van der Waals surface area (Å²) in [6.07, 6.45) is 3.54. The molecule has 15 nitrogen and oxygen atoms in total. The maximum atomic E-state index is 13.2. The third-order valence-electron chi connectivity index (χ3n) is 7.31. The molecule has 5 rings (SSSR count). The zero-order valence-electron chi connectivity index (χ0n) is 23.1. The van der Waals surface area contributed by atoms with E-state index < -0.39 is 46.2 Å². The highest BCUT2D eigenvalue weighted by molar-refractivity contribution is 8.00. The van der Waals surface area contributed by atoms with Crippen LogP contribution in [0.25, 0.3) is 11.4 Å². The lowest BCUT2D eigenvalue weighted by atomic mass is 9.86. The summed E-state index contributed by atoms with van der Waals surface area (Å²) in [6.45, 7) is 4.34. The normalized spacial score (nSPS) is 22.4. The highest BCUT2D eigenvalue weighted by atomic mass is 32.2. The van der Waals surface area contributed by atoms with Gasteiger partial charge in [-0.05, 0) is 18.8 Å². The van der Waals surface area contributed by atoms with Gasteiger partial charge in [0.2, 0.25) is 17.2 Å². The molecule has 17 heteroatoms. The van der Waals surface area contributed by atoms with E-state index in [0.29, 0.717) is 5.69 Å². The number of hydrogen-bond donors (Lipinski definition) is 3. The Bertz CT molecular complexity index is 1600. The minimum absolute atomic E-state index is 0.0455. The van der Waals surface area contributed by atoms with Crippen LogP contribution in [0.3, 0.4) is 0 Å². The summed E-state index contributed by atoms with van der Waals surface area (Å²) < 4.78 is 3.66. The lowest BCUT2D eigenvalue weighted by Crippen LogP contribution is -2.75. The van der Waals surface area contributed by atoms with E-state index >= 15 is 0 Å². The highest BCUT2D eigenvalue weighted by Crippen LogP contribution is 2.43. The van der Waals surface area contributed by atoms with Crippen molar-refractivity contribution < 1.29 is 38.8 Å². The van der Waals surface area contributed by atoms with Crippen LogP contribution in [-0.2, 0) is 37.6 Å². The van der Waals surface area contributed by atoms with Crippen molar-refractivity contribution in [3.05, 3.63) is 35.4 Å². The number of thiazole rings is 1. The number of carboxylic acids is 2. The number of nitrogens with two attached hydrogens (primary N) is 1. The van der Waals surface area contributed by atoms with Crippen LogP contribution in [0, 0.1) is 12.3 Å². The number of thioether (sulfide) groups is 1. The zero-order chi connectivity index (χ0) is 30.6. The summed E-state index contributed by atoms with van der Waals surface area (Å²) in [5, 5.41) is 29.2. The molecule has 0 bridgehead atoms. The van der Waals surface area contributed by atoms with Gasteiger partial charge >= 0.3 is 5.97 Å². The van der Waals surface area contributed by atoms with Gasteiger partial charge in [0.1, 0.15) is 17.1 Å². The number of amides is 2. The molecule has 42 heavy (non-hydrogen) atoms. The maximum absolute atomic E-state index is 13.2. The molecule has 0 saturated carbocycles. The second kappa shape index (κ2) is 10.5. The van der Waals surface area contributed by atoms with Crippen molar-refractivity contribution in [1.82, 2.24) is 24.8 Å². The number of aliphatic carboxylic acids is 2. The fourth-order valence-electron chi connectivity index (χ4n) is 4.68. The molecule has 2 saturated heterocycles. The number of nitrogens with zero attached hydrogens (tertiary/aromatic N) is 6. The lowest BCUT2D eigenvalue weighted by molar-refractivity contribution is -0.665. The molecule has 0 aromatic carbocycles. The number of aromatic nitrogens is 4. The summed E-state index contributed by atoms with van der Waals surface area (Å²) in [5.74, 6) is -2.95. The molecule has 4 aliphatic heterocycles. The van der Waals surface area contributed by atoms with Crippen LogP contribution in [0.4, 0.5) is 5.13 Å². The first-order valence-electron chi connectivity index (χ1n) is 12.7. The number of nitrogens with one attached hydrogen (secondary N) is 1. The van der Waals surface area contributed by atoms with Crippen molar-refractivity contribution in [3.8, 4) is 11.4 Å². The number of anilines is 1. The van der Waals surface area contributed by atoms with Gasteiger partial charge in [-0.3, -0.25) is 9.59 Å². The number of carboxylic acid groups (broad SMARTS) is 2. The number of oxime groups is 1. The van der Waals surface area contributed by atoms with E-state index in [9.17, 15) is 29.4 Å². The van der Waals surface area contributed by atoms with Crippen LogP contribution in [-0.4, -0.2) is 83.3 Å². The first-order valence-corrected chi connectivity index (χ1v) is 14.6. The largest absolute Gasteiger partial charge is 0.549 e. The smallest absolute Gasteiger partial charge is 0.350 e. The fraction of sp³-hybridized carbons (Fsp3) is 0.440. The maximum Gasteiger partial charge on any atom is 0.350 e. The molecule has 0 spiro atoms. The van der Waals surface area contributed by atoms with Crippen LogP contribution < -0.4 is 20.7 Å². The predicted molar refractivity (Wildman–Crippen MR) is 148 cm³/mol. The Morgan fingerprint density at radius 3 is 2.76 bits per heavy atom. The Morgan fingerprint density at radius 2 is 2.12 bits per heavy atom. The number of fused-ring (bicyclic) bond motifs is 2. The highest BCUT2D eigenvalue weighted by Gasteiger charge is 2.56. The molecular formula is C25H28N8O7S2. The second-order valence-corrected chi connectivity index (χ2v) is 12.7. The molecule has 1 aromatic rings. The first kappa shape index (κ1) is 29.2. The minimum Gasteiger partial charge on any atom is -0.549 e. The molecule has 1 aromatic heterocycles. The Kier molecular flexibility index (Phi) is 7.34. The van der Waals surface area contributed by atoms with Gasteiger partial charge in [0.05, 0.1) is 24.6 Å². The van der Waals surface area contributed by atoms with E-state index in [1.165, 1.54) is 35.9 Å². The van der Waals surface area contributed by atoms with Gasteiger partial charge in [-0.15, -0.1) is 23.1 Å². The molecule has 2 unspecified atom stereocenters. The number of carbonyl (C=O) groups excluding carboxylic acids is 3. The van der Waals surface area contributed by atoms with Crippen LogP contribution in [0.15, 0.2) is 29.0 Å². The molecule has 222 valence electrons. The van der Waals surface area contributed by atoms with E-state index in [1.54, 1.807) is 17.0 Å². The summed E-state index contributed by atoms with van der Waals surface area (Å²) in [6, 6.07) is 0.879. The van der Waals surface area contributed by atoms with E-state index in [4.69, 9.17) is 10.6 Å². The predicted octanol–water partition coefficient (Wildman–Crippen LogP) is -1.42. The second-order valence-electron chi connectivity index (χ2n) is 10.7. The van der Waals surface area contributed by atoms with Gasteiger partial charge in [-0.25, -0.2) is 14.3 Å². The standard InChI is InChI=1S/C25H28N8O7S2/c1-12-27-13-7-32(6-5-15(13)31(12)4)9-25(22(38)39)10-33-19(35)17(20(33)42-11-25)29-18(34)16(14-8-41-23(26)28-14)30-40-24(2,3)21(36)37/h5-8,17,20H,9-11H2,1-4H3,(H4-,26,28,29,34,36,37,38,39)/t17?,20-,25?/m1/s1. The van der Waals surface area contributed by atoms with Gasteiger partial charge in [0, 0.05) is 43.4 Å². The van der Waals surface area contributed by atoms with Gasteiger partial charge in [-0.2, -0.15) is 0 Å².